The fourth-order valence-corrected chi connectivity index (χ4v) is 5.06. The molecule has 0 bridgehead atoms. The van der Waals surface area contributed by atoms with E-state index < -0.39 is 18.0 Å². The number of hydrogen-bond acceptors (Lipinski definition) is 7. The zero-order chi connectivity index (χ0) is 25.2. The number of benzene rings is 2. The van der Waals surface area contributed by atoms with Gasteiger partial charge in [-0.2, -0.15) is 0 Å². The highest BCUT2D eigenvalue weighted by atomic mass is 32.1. The number of carbonyl (C=O) groups excluding carboxylic acids is 2. The van der Waals surface area contributed by atoms with Crippen LogP contribution in [0.1, 0.15) is 35.0 Å². The van der Waals surface area contributed by atoms with E-state index in [-0.39, 0.29) is 5.82 Å². The number of anilines is 1. The molecular weight excluding hydrogens is 479 g/mol. The van der Waals surface area contributed by atoms with Gasteiger partial charge in [0, 0.05) is 47.1 Å². The summed E-state index contributed by atoms with van der Waals surface area (Å²) in [5.41, 5.74) is 4.33. The summed E-state index contributed by atoms with van der Waals surface area (Å²) in [7, 11) is 2.00. The molecule has 36 heavy (non-hydrogen) atoms. The highest BCUT2D eigenvalue weighted by Crippen LogP contribution is 2.29. The lowest BCUT2D eigenvalue weighted by atomic mass is 9.96. The second-order valence-corrected chi connectivity index (χ2v) is 9.61. The van der Waals surface area contributed by atoms with Crippen LogP contribution in [0, 0.1) is 5.82 Å². The third-order valence-electron chi connectivity index (χ3n) is 6.23. The Morgan fingerprint density at radius 3 is 2.72 bits per heavy atom. The summed E-state index contributed by atoms with van der Waals surface area (Å²) in [6.45, 7) is 3.24. The van der Waals surface area contributed by atoms with Crippen LogP contribution in [0.5, 0.6) is 0 Å². The van der Waals surface area contributed by atoms with Crippen LogP contribution in [0.4, 0.5) is 9.52 Å². The van der Waals surface area contributed by atoms with Crippen molar-refractivity contribution in [3.05, 3.63) is 76.5 Å². The van der Waals surface area contributed by atoms with Gasteiger partial charge in [0.25, 0.3) is 5.91 Å². The maximum atomic E-state index is 13.5. The largest absolute Gasteiger partial charge is 0.449 e. The Balaban J connectivity index is 1.37. The number of esters is 1. The first-order valence-electron chi connectivity index (χ1n) is 11.7. The molecule has 2 aromatic heterocycles. The molecular formula is C27H25FN4O3S. The predicted molar refractivity (Wildman–Crippen MR) is 137 cm³/mol. The van der Waals surface area contributed by atoms with Crippen molar-refractivity contribution in [1.82, 2.24) is 14.9 Å². The average Bonchev–Trinajstić information content (AvgIpc) is 3.34. The number of rotatable bonds is 6. The monoisotopic (exact) mass is 504 g/mol. The quantitative estimate of drug-likeness (QED) is 0.370. The highest BCUT2D eigenvalue weighted by molar-refractivity contribution is 7.14. The van der Waals surface area contributed by atoms with Crippen LogP contribution in [-0.2, 0) is 22.5 Å². The van der Waals surface area contributed by atoms with Gasteiger partial charge < -0.3 is 9.64 Å². The third kappa shape index (κ3) is 4.84. The molecule has 2 aromatic carbocycles. The number of likely N-dealkylation sites (N-methyl/N-ethyl adjacent to an activating group) is 1. The molecule has 0 fully saturated rings. The molecule has 1 unspecified atom stereocenters. The van der Waals surface area contributed by atoms with Crippen molar-refractivity contribution in [2.75, 3.05) is 18.9 Å². The number of aromatic nitrogens is 2. The molecule has 4 aromatic rings. The van der Waals surface area contributed by atoms with E-state index in [1.165, 1.54) is 23.5 Å². The number of nitrogens with zero attached hydrogens (tertiary/aromatic N) is 3. The minimum Gasteiger partial charge on any atom is -0.449 e. The van der Waals surface area contributed by atoms with Crippen molar-refractivity contribution >= 4 is 39.2 Å². The molecule has 0 spiro atoms. The second-order valence-electron chi connectivity index (χ2n) is 8.75. The minimum atomic E-state index is -0.987. The molecule has 5 rings (SSSR count). The van der Waals surface area contributed by atoms with Crippen molar-refractivity contribution in [2.45, 2.75) is 32.4 Å². The van der Waals surface area contributed by atoms with Gasteiger partial charge in [0.15, 0.2) is 11.2 Å². The number of pyridine rings is 1. The van der Waals surface area contributed by atoms with Gasteiger partial charge in [0.2, 0.25) is 0 Å². The fraction of sp³-hybridized carbons (Fsp3) is 0.259. The molecule has 1 N–H and O–H groups in total. The van der Waals surface area contributed by atoms with E-state index in [0.29, 0.717) is 29.4 Å². The van der Waals surface area contributed by atoms with Crippen LogP contribution in [0.15, 0.2) is 53.9 Å². The summed E-state index contributed by atoms with van der Waals surface area (Å²) in [5, 5.41) is 5.63. The molecule has 3 heterocycles. The van der Waals surface area contributed by atoms with Crippen molar-refractivity contribution in [3.8, 4) is 11.3 Å². The van der Waals surface area contributed by atoms with Crippen LogP contribution < -0.4 is 5.32 Å². The first-order chi connectivity index (χ1) is 17.4. The number of carbonyl (C=O) groups is 2. The third-order valence-corrected chi connectivity index (χ3v) is 6.99. The van der Waals surface area contributed by atoms with Crippen LogP contribution in [0.2, 0.25) is 0 Å². The summed E-state index contributed by atoms with van der Waals surface area (Å²) in [6, 6.07) is 13.5. The Hall–Kier alpha value is -3.69. The Bertz CT molecular complexity index is 1440. The number of thiazole rings is 1. The summed E-state index contributed by atoms with van der Waals surface area (Å²) >= 11 is 1.25. The molecule has 1 aliphatic rings. The van der Waals surface area contributed by atoms with Gasteiger partial charge in [-0.15, -0.1) is 11.3 Å². The molecule has 9 heteroatoms. The van der Waals surface area contributed by atoms with Gasteiger partial charge in [-0.25, -0.2) is 14.2 Å². The van der Waals surface area contributed by atoms with E-state index in [9.17, 15) is 14.0 Å². The topological polar surface area (TPSA) is 84.4 Å². The Kier molecular flexibility index (Phi) is 6.75. The molecule has 0 saturated carbocycles. The van der Waals surface area contributed by atoms with Crippen LogP contribution >= 0.6 is 11.3 Å². The van der Waals surface area contributed by atoms with Gasteiger partial charge in [-0.3, -0.25) is 15.1 Å². The standard InChI is InChI=1S/C27H25FN4O3S/c1-3-23(25(33)31-27-30-22(15-36-27)16-8-10-17(28)11-9-16)35-26(34)24-18-6-4-5-7-20(18)29-21-12-13-32(2)14-19(21)24/h4-11,15,23H,3,12-14H2,1-2H3,(H,30,31,33). The number of halogens is 1. The Morgan fingerprint density at radius 1 is 1.17 bits per heavy atom. The zero-order valence-corrected chi connectivity index (χ0v) is 20.8. The number of fused-ring (bicyclic) bond motifs is 2. The van der Waals surface area contributed by atoms with E-state index in [4.69, 9.17) is 9.72 Å². The maximum absolute atomic E-state index is 13.5. The molecule has 184 valence electrons. The fourth-order valence-electron chi connectivity index (χ4n) is 4.34. The molecule has 1 aliphatic heterocycles. The summed E-state index contributed by atoms with van der Waals surface area (Å²) in [5.74, 6) is -1.31. The van der Waals surface area contributed by atoms with Gasteiger partial charge in [-0.05, 0) is 43.8 Å². The minimum absolute atomic E-state index is 0.304. The molecule has 0 radical (unpaired) electrons. The molecule has 7 nitrogen and oxygen atoms in total. The van der Waals surface area contributed by atoms with E-state index in [1.54, 1.807) is 24.4 Å². The number of amides is 1. The SMILES string of the molecule is CCC(OC(=O)c1c2c(nc3ccccc13)CCN(C)C2)C(=O)Nc1nc(-c2ccc(F)cc2)cs1. The van der Waals surface area contributed by atoms with Crippen molar-refractivity contribution in [2.24, 2.45) is 0 Å². The zero-order valence-electron chi connectivity index (χ0n) is 20.0. The summed E-state index contributed by atoms with van der Waals surface area (Å²) in [4.78, 5) is 37.8. The Labute approximate surface area is 211 Å². The van der Waals surface area contributed by atoms with Crippen molar-refractivity contribution in [1.29, 1.82) is 0 Å². The van der Waals surface area contributed by atoms with Crippen LogP contribution in [0.25, 0.3) is 22.2 Å². The van der Waals surface area contributed by atoms with Gasteiger partial charge in [0.05, 0.1) is 16.8 Å². The maximum Gasteiger partial charge on any atom is 0.340 e. The number of nitrogens with one attached hydrogen (secondary N) is 1. The predicted octanol–water partition coefficient (Wildman–Crippen LogP) is 5.06. The Morgan fingerprint density at radius 2 is 1.94 bits per heavy atom. The van der Waals surface area contributed by atoms with E-state index in [1.807, 2.05) is 31.3 Å². The van der Waals surface area contributed by atoms with Crippen molar-refractivity contribution in [3.63, 3.8) is 0 Å². The van der Waals surface area contributed by atoms with Crippen molar-refractivity contribution < 1.29 is 18.7 Å². The molecule has 1 atom stereocenters. The first-order valence-corrected chi connectivity index (χ1v) is 12.6. The lowest BCUT2D eigenvalue weighted by Crippen LogP contribution is -2.34. The lowest BCUT2D eigenvalue weighted by Gasteiger charge is -2.27. The summed E-state index contributed by atoms with van der Waals surface area (Å²) in [6.07, 6.45) is 0.0630. The molecule has 1 amide bonds. The number of hydrogen-bond donors (Lipinski definition) is 1. The molecule has 0 saturated heterocycles. The van der Waals surface area contributed by atoms with Gasteiger partial charge in [0.1, 0.15) is 5.82 Å². The van der Waals surface area contributed by atoms with Crippen LogP contribution in [0.3, 0.4) is 0 Å². The first kappa shape index (κ1) is 24.0. The number of ether oxygens (including phenoxy) is 1. The van der Waals surface area contributed by atoms with E-state index in [2.05, 4.69) is 15.2 Å². The van der Waals surface area contributed by atoms with Gasteiger partial charge >= 0.3 is 5.97 Å². The van der Waals surface area contributed by atoms with E-state index in [0.717, 1.165) is 40.7 Å². The number of para-hydroxylation sites is 1. The van der Waals surface area contributed by atoms with E-state index >= 15 is 0 Å². The lowest BCUT2D eigenvalue weighted by molar-refractivity contribution is -0.124. The normalized spacial score (nSPS) is 14.3. The van der Waals surface area contributed by atoms with Crippen LogP contribution in [-0.4, -0.2) is 46.4 Å². The summed E-state index contributed by atoms with van der Waals surface area (Å²) < 4.78 is 19.0. The van der Waals surface area contributed by atoms with Gasteiger partial charge in [-0.1, -0.05) is 25.1 Å². The average molecular weight is 505 g/mol. The molecule has 0 aliphatic carbocycles. The highest BCUT2D eigenvalue weighted by Gasteiger charge is 2.29. The smallest absolute Gasteiger partial charge is 0.340 e. The second kappa shape index (κ2) is 10.1.